The summed E-state index contributed by atoms with van der Waals surface area (Å²) in [7, 11) is 0. The predicted molar refractivity (Wildman–Crippen MR) is 77.4 cm³/mol. The van der Waals surface area contributed by atoms with Crippen LogP contribution in [0.4, 0.5) is 10.5 Å². The maximum Gasteiger partial charge on any atom is 0.319 e. The van der Waals surface area contributed by atoms with Gasteiger partial charge in [0, 0.05) is 18.8 Å². The maximum atomic E-state index is 11.8. The Bertz CT molecular complexity index is 576. The lowest BCUT2D eigenvalue weighted by molar-refractivity contribution is 0.112. The van der Waals surface area contributed by atoms with Gasteiger partial charge in [0.05, 0.1) is 24.2 Å². The number of carbonyl (C=O) groups is 1. The number of urea groups is 1. The number of ether oxygens (including phenoxy) is 1. The topological polar surface area (TPSA) is 81.1 Å². The fourth-order valence-electron chi connectivity index (χ4n) is 2.21. The molecular formula is C14H17N5O2. The molecule has 1 saturated heterocycles. The first kappa shape index (κ1) is 13.6. The molecule has 0 radical (unpaired) electrons. The number of carbonyl (C=O) groups excluding carboxylic acids is 1. The number of amides is 2. The van der Waals surface area contributed by atoms with Crippen molar-refractivity contribution in [1.82, 2.24) is 20.3 Å². The lowest BCUT2D eigenvalue weighted by Gasteiger charge is -2.12. The van der Waals surface area contributed by atoms with E-state index >= 15 is 0 Å². The third-order valence-electron chi connectivity index (χ3n) is 3.29. The van der Waals surface area contributed by atoms with Gasteiger partial charge in [-0.1, -0.05) is 0 Å². The van der Waals surface area contributed by atoms with Crippen LogP contribution in [0, 0.1) is 0 Å². The number of benzene rings is 1. The average Bonchev–Trinajstić information content (AvgIpc) is 3.19. The van der Waals surface area contributed by atoms with Gasteiger partial charge >= 0.3 is 6.03 Å². The minimum Gasteiger partial charge on any atom is -0.376 e. The molecule has 3 rings (SSSR count). The summed E-state index contributed by atoms with van der Waals surface area (Å²) in [5.41, 5.74) is 1.56. The van der Waals surface area contributed by atoms with Gasteiger partial charge in [0.25, 0.3) is 0 Å². The molecule has 1 aliphatic heterocycles. The van der Waals surface area contributed by atoms with Gasteiger partial charge in [0.2, 0.25) is 0 Å². The lowest BCUT2D eigenvalue weighted by atomic mass is 10.2. The molecule has 2 N–H and O–H groups in total. The third-order valence-corrected chi connectivity index (χ3v) is 3.29. The van der Waals surface area contributed by atoms with E-state index < -0.39 is 0 Å². The maximum absolute atomic E-state index is 11.8. The van der Waals surface area contributed by atoms with Crippen LogP contribution in [0.5, 0.6) is 0 Å². The molecule has 1 aliphatic rings. The second-order valence-electron chi connectivity index (χ2n) is 4.84. The molecule has 1 aromatic carbocycles. The van der Waals surface area contributed by atoms with Gasteiger partial charge in [-0.3, -0.25) is 0 Å². The Balaban J connectivity index is 1.51. The summed E-state index contributed by atoms with van der Waals surface area (Å²) < 4.78 is 5.45. The van der Waals surface area contributed by atoms with Crippen molar-refractivity contribution in [2.24, 2.45) is 0 Å². The minimum atomic E-state index is -0.226. The van der Waals surface area contributed by atoms with Crippen LogP contribution in [-0.2, 0) is 4.74 Å². The van der Waals surface area contributed by atoms with Gasteiger partial charge in [-0.2, -0.15) is 15.0 Å². The second kappa shape index (κ2) is 6.36. The van der Waals surface area contributed by atoms with Crippen molar-refractivity contribution in [3.05, 3.63) is 36.7 Å². The van der Waals surface area contributed by atoms with Gasteiger partial charge in [0.1, 0.15) is 0 Å². The number of aromatic nitrogens is 3. The van der Waals surface area contributed by atoms with Gasteiger partial charge < -0.3 is 15.4 Å². The molecule has 2 heterocycles. The first-order valence-electron chi connectivity index (χ1n) is 6.94. The van der Waals surface area contributed by atoms with E-state index in [0.717, 1.165) is 30.8 Å². The Kier molecular flexibility index (Phi) is 4.11. The molecule has 0 unspecified atom stereocenters. The first-order valence-corrected chi connectivity index (χ1v) is 6.94. The molecule has 0 saturated carbocycles. The largest absolute Gasteiger partial charge is 0.376 e. The van der Waals surface area contributed by atoms with Gasteiger partial charge in [-0.15, -0.1) is 0 Å². The predicted octanol–water partition coefficient (Wildman–Crippen LogP) is 1.57. The quantitative estimate of drug-likeness (QED) is 0.894. The Morgan fingerprint density at radius 2 is 2.05 bits per heavy atom. The molecule has 1 aromatic heterocycles. The van der Waals surface area contributed by atoms with Crippen LogP contribution in [0.3, 0.4) is 0 Å². The first-order chi connectivity index (χ1) is 10.3. The van der Waals surface area contributed by atoms with Crippen molar-refractivity contribution in [3.63, 3.8) is 0 Å². The highest BCUT2D eigenvalue weighted by Crippen LogP contribution is 2.12. The summed E-state index contributed by atoms with van der Waals surface area (Å²) in [5.74, 6) is 0. The van der Waals surface area contributed by atoms with E-state index in [0.29, 0.717) is 6.54 Å². The Hall–Kier alpha value is -2.41. The fourth-order valence-corrected chi connectivity index (χ4v) is 2.21. The molecular weight excluding hydrogens is 270 g/mol. The Morgan fingerprint density at radius 3 is 2.71 bits per heavy atom. The average molecular weight is 287 g/mol. The molecule has 7 nitrogen and oxygen atoms in total. The van der Waals surface area contributed by atoms with Crippen LogP contribution < -0.4 is 10.6 Å². The van der Waals surface area contributed by atoms with E-state index in [2.05, 4.69) is 20.8 Å². The summed E-state index contributed by atoms with van der Waals surface area (Å²) in [6, 6.07) is 7.08. The third kappa shape index (κ3) is 3.57. The summed E-state index contributed by atoms with van der Waals surface area (Å²) in [6.45, 7) is 1.33. The summed E-state index contributed by atoms with van der Waals surface area (Å²) in [4.78, 5) is 13.3. The number of nitrogens with zero attached hydrogens (tertiary/aromatic N) is 3. The van der Waals surface area contributed by atoms with Gasteiger partial charge in [-0.25, -0.2) is 4.79 Å². The zero-order chi connectivity index (χ0) is 14.5. The molecule has 1 fully saturated rings. The molecule has 0 bridgehead atoms. The van der Waals surface area contributed by atoms with Crippen LogP contribution in [0.2, 0.25) is 0 Å². The summed E-state index contributed by atoms with van der Waals surface area (Å²) >= 11 is 0. The number of anilines is 1. The zero-order valence-electron chi connectivity index (χ0n) is 11.5. The Labute approximate surface area is 122 Å². The van der Waals surface area contributed by atoms with Gasteiger partial charge in [0.15, 0.2) is 0 Å². The van der Waals surface area contributed by atoms with Crippen molar-refractivity contribution in [2.45, 2.75) is 18.9 Å². The molecule has 110 valence electrons. The standard InChI is InChI=1S/C14H17N5O2/c20-14(15-10-13-2-1-9-21-13)18-11-3-5-12(6-4-11)19-16-7-8-17-19/h3-8,13H,1-2,9-10H2,(H2,15,18,20)/t13-/m1/s1. The highest BCUT2D eigenvalue weighted by atomic mass is 16.5. The number of nitrogens with one attached hydrogen (secondary N) is 2. The second-order valence-corrected chi connectivity index (χ2v) is 4.84. The van der Waals surface area contributed by atoms with Crippen LogP contribution in [0.15, 0.2) is 36.7 Å². The van der Waals surface area contributed by atoms with E-state index in [4.69, 9.17) is 4.74 Å². The zero-order valence-corrected chi connectivity index (χ0v) is 11.5. The van der Waals surface area contributed by atoms with Crippen molar-refractivity contribution in [3.8, 4) is 5.69 Å². The summed E-state index contributed by atoms with van der Waals surface area (Å²) in [5, 5.41) is 13.7. The molecule has 7 heteroatoms. The van der Waals surface area contributed by atoms with Crippen molar-refractivity contribution < 1.29 is 9.53 Å². The SMILES string of the molecule is O=C(NC[C@H]1CCCO1)Nc1ccc(-n2nccn2)cc1. The van der Waals surface area contributed by atoms with Crippen LogP contribution in [-0.4, -0.2) is 40.3 Å². The lowest BCUT2D eigenvalue weighted by Crippen LogP contribution is -2.35. The molecule has 21 heavy (non-hydrogen) atoms. The van der Waals surface area contributed by atoms with E-state index in [-0.39, 0.29) is 12.1 Å². The summed E-state index contributed by atoms with van der Waals surface area (Å²) in [6.07, 6.45) is 5.45. The van der Waals surface area contributed by atoms with E-state index in [1.165, 1.54) is 4.80 Å². The highest BCUT2D eigenvalue weighted by molar-refractivity contribution is 5.89. The fraction of sp³-hybridized carbons (Fsp3) is 0.357. The molecule has 1 atom stereocenters. The van der Waals surface area contributed by atoms with Crippen LogP contribution in [0.25, 0.3) is 5.69 Å². The Morgan fingerprint density at radius 1 is 1.29 bits per heavy atom. The highest BCUT2D eigenvalue weighted by Gasteiger charge is 2.16. The van der Waals surface area contributed by atoms with Gasteiger partial charge in [-0.05, 0) is 37.1 Å². The number of hydrogen-bond donors (Lipinski definition) is 2. The normalized spacial score (nSPS) is 17.6. The number of hydrogen-bond acceptors (Lipinski definition) is 4. The monoisotopic (exact) mass is 287 g/mol. The van der Waals surface area contributed by atoms with Crippen molar-refractivity contribution in [2.75, 3.05) is 18.5 Å². The van der Waals surface area contributed by atoms with E-state index in [1.807, 2.05) is 24.3 Å². The van der Waals surface area contributed by atoms with Crippen molar-refractivity contribution >= 4 is 11.7 Å². The minimum absolute atomic E-state index is 0.143. The molecule has 0 spiro atoms. The number of rotatable bonds is 4. The smallest absolute Gasteiger partial charge is 0.319 e. The van der Waals surface area contributed by atoms with E-state index in [9.17, 15) is 4.79 Å². The van der Waals surface area contributed by atoms with E-state index in [1.54, 1.807) is 12.4 Å². The molecule has 2 aromatic rings. The van der Waals surface area contributed by atoms with Crippen molar-refractivity contribution in [1.29, 1.82) is 0 Å². The van der Waals surface area contributed by atoms with Crippen LogP contribution >= 0.6 is 0 Å². The molecule has 2 amide bonds. The van der Waals surface area contributed by atoms with Crippen LogP contribution in [0.1, 0.15) is 12.8 Å². The molecule has 0 aliphatic carbocycles.